The molecule has 0 unspecified atom stereocenters. The van der Waals surface area contributed by atoms with Crippen molar-refractivity contribution in [2.45, 2.75) is 38.1 Å². The molecule has 3 rings (SSSR count). The van der Waals surface area contributed by atoms with Crippen molar-refractivity contribution < 1.29 is 0 Å². The second-order valence-electron chi connectivity index (χ2n) is 5.36. The minimum Gasteiger partial charge on any atom is -0.398 e. The minimum absolute atomic E-state index is 0.262. The van der Waals surface area contributed by atoms with Gasteiger partial charge in [-0.2, -0.15) is 0 Å². The van der Waals surface area contributed by atoms with E-state index in [0.29, 0.717) is 0 Å². The molecule has 0 radical (unpaired) electrons. The van der Waals surface area contributed by atoms with Gasteiger partial charge in [-0.15, -0.1) is 0 Å². The van der Waals surface area contributed by atoms with E-state index in [4.69, 9.17) is 5.73 Å². The van der Waals surface area contributed by atoms with Gasteiger partial charge >= 0.3 is 0 Å². The van der Waals surface area contributed by atoms with E-state index in [1.165, 1.54) is 19.3 Å². The summed E-state index contributed by atoms with van der Waals surface area (Å²) in [7, 11) is 0. The van der Waals surface area contributed by atoms with E-state index in [1.807, 2.05) is 24.4 Å². The van der Waals surface area contributed by atoms with Gasteiger partial charge in [0.05, 0.1) is 11.2 Å². The Morgan fingerprint density at radius 1 is 1.42 bits per heavy atom. The molecule has 1 saturated carbocycles. The lowest BCUT2D eigenvalue weighted by Crippen LogP contribution is -2.44. The van der Waals surface area contributed by atoms with E-state index in [1.54, 1.807) is 0 Å². The van der Waals surface area contributed by atoms with Gasteiger partial charge in [-0.3, -0.25) is 4.98 Å². The number of halogens is 1. The molecule has 1 heterocycles. The molecule has 0 spiro atoms. The largest absolute Gasteiger partial charge is 0.398 e. The summed E-state index contributed by atoms with van der Waals surface area (Å²) in [5, 5.41) is 4.70. The number of aromatic nitrogens is 1. The van der Waals surface area contributed by atoms with Crippen molar-refractivity contribution in [1.29, 1.82) is 0 Å². The molecule has 0 aliphatic heterocycles. The third-order valence-electron chi connectivity index (χ3n) is 4.24. The van der Waals surface area contributed by atoms with Gasteiger partial charge in [0.15, 0.2) is 0 Å². The van der Waals surface area contributed by atoms with Gasteiger partial charge in [-0.05, 0) is 59.8 Å². The lowest BCUT2D eigenvalue weighted by atomic mass is 9.74. The Kier molecular flexibility index (Phi) is 3.13. The summed E-state index contributed by atoms with van der Waals surface area (Å²) in [6, 6.07) is 6.04. The van der Waals surface area contributed by atoms with Crippen molar-refractivity contribution in [3.63, 3.8) is 0 Å². The van der Waals surface area contributed by atoms with Crippen LogP contribution >= 0.6 is 15.9 Å². The van der Waals surface area contributed by atoms with Crippen LogP contribution in [0.4, 0.5) is 11.4 Å². The van der Waals surface area contributed by atoms with Crippen LogP contribution in [0, 0.1) is 0 Å². The summed E-state index contributed by atoms with van der Waals surface area (Å²) in [5.41, 5.74) is 9.14. The predicted octanol–water partition coefficient (Wildman–Crippen LogP) is 4.32. The van der Waals surface area contributed by atoms with Crippen molar-refractivity contribution in [2.75, 3.05) is 11.1 Å². The normalized spacial score (nSPS) is 17.2. The molecular formula is C15H18BrN3. The molecule has 2 aromatic rings. The van der Waals surface area contributed by atoms with Gasteiger partial charge in [-0.25, -0.2) is 0 Å². The average molecular weight is 320 g/mol. The number of nitrogens with zero attached hydrogens (tertiary/aromatic N) is 1. The van der Waals surface area contributed by atoms with Crippen LogP contribution in [0.25, 0.3) is 10.9 Å². The van der Waals surface area contributed by atoms with E-state index in [0.717, 1.165) is 33.2 Å². The highest BCUT2D eigenvalue weighted by molar-refractivity contribution is 9.10. The number of pyridine rings is 1. The molecule has 0 bridgehead atoms. The fourth-order valence-corrected chi connectivity index (χ4v) is 3.10. The molecule has 0 amide bonds. The van der Waals surface area contributed by atoms with Crippen LogP contribution in [0.5, 0.6) is 0 Å². The summed E-state index contributed by atoms with van der Waals surface area (Å²) in [4.78, 5) is 4.53. The first kappa shape index (κ1) is 12.7. The zero-order valence-electron chi connectivity index (χ0n) is 11.0. The van der Waals surface area contributed by atoms with E-state index in [9.17, 15) is 0 Å². The molecule has 1 aliphatic carbocycles. The number of hydrogen-bond acceptors (Lipinski definition) is 3. The standard InChI is InChI=1S/C15H18BrN3/c1-2-15(6-3-7-15)19-13-5-4-12(17)11-8-10(16)9-18-14(11)13/h4-5,8-9,19H,2-3,6-7,17H2,1H3. The molecule has 3 nitrogen and oxygen atoms in total. The van der Waals surface area contributed by atoms with Gasteiger partial charge in [0.2, 0.25) is 0 Å². The Balaban J connectivity index is 2.07. The third kappa shape index (κ3) is 2.18. The third-order valence-corrected chi connectivity index (χ3v) is 4.67. The van der Waals surface area contributed by atoms with Crippen LogP contribution in [0.3, 0.4) is 0 Å². The minimum atomic E-state index is 0.262. The van der Waals surface area contributed by atoms with E-state index >= 15 is 0 Å². The van der Waals surface area contributed by atoms with Gasteiger partial charge in [-0.1, -0.05) is 6.92 Å². The maximum atomic E-state index is 6.05. The lowest BCUT2D eigenvalue weighted by Gasteiger charge is -2.43. The Hall–Kier alpha value is -1.29. The van der Waals surface area contributed by atoms with Gasteiger partial charge in [0.1, 0.15) is 0 Å². The predicted molar refractivity (Wildman–Crippen MR) is 84.4 cm³/mol. The molecule has 0 atom stereocenters. The molecule has 3 N–H and O–H groups in total. The second kappa shape index (κ2) is 4.67. The highest BCUT2D eigenvalue weighted by Crippen LogP contribution is 2.40. The zero-order valence-corrected chi connectivity index (χ0v) is 12.6. The summed E-state index contributed by atoms with van der Waals surface area (Å²) < 4.78 is 0.956. The number of nitrogens with one attached hydrogen (secondary N) is 1. The molecule has 100 valence electrons. The molecule has 0 saturated heterocycles. The Bertz CT molecular complexity index is 615. The summed E-state index contributed by atoms with van der Waals surface area (Å²) in [5.74, 6) is 0. The Morgan fingerprint density at radius 2 is 2.21 bits per heavy atom. The van der Waals surface area contributed by atoms with Crippen molar-refractivity contribution in [3.05, 3.63) is 28.9 Å². The molecule has 19 heavy (non-hydrogen) atoms. The first-order valence-corrected chi connectivity index (χ1v) is 7.55. The van der Waals surface area contributed by atoms with Crippen LogP contribution in [0.2, 0.25) is 0 Å². The van der Waals surface area contributed by atoms with Crippen LogP contribution < -0.4 is 11.1 Å². The fraction of sp³-hybridized carbons (Fsp3) is 0.400. The number of nitrogens with two attached hydrogens (primary N) is 1. The number of rotatable bonds is 3. The second-order valence-corrected chi connectivity index (χ2v) is 6.28. The maximum Gasteiger partial charge on any atom is 0.0954 e. The van der Waals surface area contributed by atoms with E-state index in [-0.39, 0.29) is 5.54 Å². The van der Waals surface area contributed by atoms with Crippen LogP contribution in [0.1, 0.15) is 32.6 Å². The Labute approximate surface area is 121 Å². The summed E-state index contributed by atoms with van der Waals surface area (Å²) in [6.07, 6.45) is 6.77. The molecule has 1 fully saturated rings. The van der Waals surface area contributed by atoms with Crippen LogP contribution in [-0.4, -0.2) is 10.5 Å². The molecule has 4 heteroatoms. The topological polar surface area (TPSA) is 50.9 Å². The van der Waals surface area contributed by atoms with E-state index in [2.05, 4.69) is 33.2 Å². The molecule has 1 aromatic carbocycles. The monoisotopic (exact) mass is 319 g/mol. The molecule has 1 aliphatic rings. The van der Waals surface area contributed by atoms with Crippen molar-refractivity contribution in [1.82, 2.24) is 4.98 Å². The fourth-order valence-electron chi connectivity index (χ4n) is 2.77. The zero-order chi connectivity index (χ0) is 13.5. The van der Waals surface area contributed by atoms with Gasteiger partial charge in [0, 0.05) is 27.3 Å². The Morgan fingerprint density at radius 3 is 2.84 bits per heavy atom. The van der Waals surface area contributed by atoms with Gasteiger partial charge in [0.25, 0.3) is 0 Å². The van der Waals surface area contributed by atoms with Crippen LogP contribution in [-0.2, 0) is 0 Å². The number of benzene rings is 1. The molecular weight excluding hydrogens is 302 g/mol. The first-order valence-electron chi connectivity index (χ1n) is 6.75. The number of anilines is 2. The smallest absolute Gasteiger partial charge is 0.0954 e. The molecule has 1 aromatic heterocycles. The first-order chi connectivity index (χ1) is 9.13. The number of fused-ring (bicyclic) bond motifs is 1. The van der Waals surface area contributed by atoms with Crippen molar-refractivity contribution in [3.8, 4) is 0 Å². The summed E-state index contributed by atoms with van der Waals surface area (Å²) in [6.45, 7) is 2.25. The number of nitrogen functional groups attached to an aromatic ring is 1. The van der Waals surface area contributed by atoms with Crippen LogP contribution in [0.15, 0.2) is 28.9 Å². The van der Waals surface area contributed by atoms with Gasteiger partial charge < -0.3 is 11.1 Å². The SMILES string of the molecule is CCC1(Nc2ccc(N)c3cc(Br)cnc23)CCC1. The highest BCUT2D eigenvalue weighted by Gasteiger charge is 2.35. The van der Waals surface area contributed by atoms with Crippen molar-refractivity contribution >= 4 is 38.2 Å². The van der Waals surface area contributed by atoms with E-state index < -0.39 is 0 Å². The number of hydrogen-bond donors (Lipinski definition) is 2. The average Bonchev–Trinajstić information content (AvgIpc) is 2.37. The maximum absolute atomic E-state index is 6.05. The van der Waals surface area contributed by atoms with Crippen molar-refractivity contribution in [2.24, 2.45) is 0 Å². The highest BCUT2D eigenvalue weighted by atomic mass is 79.9. The summed E-state index contributed by atoms with van der Waals surface area (Å²) >= 11 is 3.45. The quantitative estimate of drug-likeness (QED) is 0.828. The lowest BCUT2D eigenvalue weighted by molar-refractivity contribution is 0.270.